The van der Waals surface area contributed by atoms with E-state index in [0.717, 1.165) is 0 Å². The number of benzene rings is 7. The zero-order valence-electron chi connectivity index (χ0n) is 21.6. The Bertz CT molecular complexity index is 2420. The Morgan fingerprint density at radius 2 is 1.18 bits per heavy atom. The minimum absolute atomic E-state index is 1.19. The molecule has 1 nitrogen and oxygen atoms in total. The van der Waals surface area contributed by atoms with E-state index in [4.69, 9.17) is 0 Å². The quantitative estimate of drug-likeness (QED) is 0.211. The molecule has 0 radical (unpaired) electrons. The van der Waals surface area contributed by atoms with Crippen molar-refractivity contribution in [1.82, 2.24) is 4.57 Å². The normalized spacial score (nSPS) is 12.0. The molecule has 0 N–H and O–H groups in total. The van der Waals surface area contributed by atoms with Crippen LogP contribution in [0.2, 0.25) is 0 Å². The van der Waals surface area contributed by atoms with Crippen molar-refractivity contribution in [3.8, 4) is 16.8 Å². The molecule has 0 fully saturated rings. The Morgan fingerprint density at radius 1 is 0.475 bits per heavy atom. The molecule has 0 saturated heterocycles. The lowest BCUT2D eigenvalue weighted by Crippen LogP contribution is -1.94. The second-order valence-corrected chi connectivity index (χ2v) is 11.6. The van der Waals surface area contributed by atoms with E-state index < -0.39 is 0 Å². The Morgan fingerprint density at radius 3 is 2.05 bits per heavy atom. The molecule has 0 unspecified atom stereocenters. The van der Waals surface area contributed by atoms with Crippen molar-refractivity contribution in [3.63, 3.8) is 0 Å². The Hall–Kier alpha value is -4.92. The molecule has 0 atom stereocenters. The van der Waals surface area contributed by atoms with Gasteiger partial charge in [0.05, 0.1) is 11.0 Å². The van der Waals surface area contributed by atoms with Crippen LogP contribution in [0.4, 0.5) is 0 Å². The second kappa shape index (κ2) is 8.29. The van der Waals surface area contributed by atoms with E-state index in [-0.39, 0.29) is 0 Å². The average Bonchev–Trinajstić information content (AvgIpc) is 3.57. The zero-order valence-corrected chi connectivity index (χ0v) is 22.5. The van der Waals surface area contributed by atoms with Crippen LogP contribution in [0.15, 0.2) is 140 Å². The van der Waals surface area contributed by atoms with E-state index in [2.05, 4.69) is 144 Å². The van der Waals surface area contributed by atoms with E-state index in [0.29, 0.717) is 0 Å². The van der Waals surface area contributed by atoms with Crippen molar-refractivity contribution >= 4 is 74.9 Å². The summed E-state index contributed by atoms with van der Waals surface area (Å²) in [6, 6.07) is 51.0. The lowest BCUT2D eigenvalue weighted by molar-refractivity contribution is 1.19. The molecule has 2 heterocycles. The summed E-state index contributed by atoms with van der Waals surface area (Å²) in [6.45, 7) is 0. The molecule has 186 valence electrons. The molecule has 7 aromatic carbocycles. The molecule has 0 amide bonds. The maximum Gasteiger partial charge on any atom is 0.0640 e. The highest BCUT2D eigenvalue weighted by Gasteiger charge is 2.22. The summed E-state index contributed by atoms with van der Waals surface area (Å²) in [6.07, 6.45) is 0. The third-order valence-electron chi connectivity index (χ3n) is 8.36. The predicted molar refractivity (Wildman–Crippen MR) is 174 cm³/mol. The van der Waals surface area contributed by atoms with Gasteiger partial charge in [0.15, 0.2) is 0 Å². The summed E-state index contributed by atoms with van der Waals surface area (Å²) < 4.78 is 5.18. The topological polar surface area (TPSA) is 4.93 Å². The summed E-state index contributed by atoms with van der Waals surface area (Å²) >= 11 is 1.91. The lowest BCUT2D eigenvalue weighted by atomic mass is 9.95. The fourth-order valence-electron chi connectivity index (χ4n) is 6.66. The van der Waals surface area contributed by atoms with Gasteiger partial charge in [-0.15, -0.1) is 11.3 Å². The number of thiophene rings is 1. The Kier molecular flexibility index (Phi) is 4.55. The van der Waals surface area contributed by atoms with Crippen LogP contribution in [0.3, 0.4) is 0 Å². The van der Waals surface area contributed by atoms with Crippen LogP contribution in [0.5, 0.6) is 0 Å². The fourth-order valence-corrected chi connectivity index (χ4v) is 7.90. The van der Waals surface area contributed by atoms with Crippen molar-refractivity contribution in [1.29, 1.82) is 0 Å². The largest absolute Gasteiger partial charge is 0.309 e. The van der Waals surface area contributed by atoms with Crippen molar-refractivity contribution in [2.45, 2.75) is 0 Å². The minimum Gasteiger partial charge on any atom is -0.309 e. The molecule has 9 rings (SSSR count). The maximum absolute atomic E-state index is 2.49. The highest BCUT2D eigenvalue weighted by Crippen LogP contribution is 2.48. The van der Waals surface area contributed by atoms with Crippen molar-refractivity contribution in [2.24, 2.45) is 0 Å². The minimum atomic E-state index is 1.19. The van der Waals surface area contributed by atoms with Gasteiger partial charge in [-0.25, -0.2) is 0 Å². The molecule has 0 bridgehead atoms. The third kappa shape index (κ3) is 2.97. The lowest BCUT2D eigenvalue weighted by Gasteiger charge is -2.10. The van der Waals surface area contributed by atoms with Crippen LogP contribution >= 0.6 is 11.3 Å². The first kappa shape index (κ1) is 22.0. The monoisotopic (exact) mass is 525 g/mol. The first-order valence-corrected chi connectivity index (χ1v) is 14.5. The maximum atomic E-state index is 2.49. The number of hydrogen-bond donors (Lipinski definition) is 0. The molecule has 9 aromatic rings. The number of nitrogens with zero attached hydrogens (tertiary/aromatic N) is 1. The third-order valence-corrected chi connectivity index (χ3v) is 9.56. The van der Waals surface area contributed by atoms with Gasteiger partial charge in [0, 0.05) is 42.0 Å². The molecule has 0 aliphatic heterocycles. The van der Waals surface area contributed by atoms with Gasteiger partial charge in [-0.2, -0.15) is 0 Å². The number of aromatic nitrogens is 1. The van der Waals surface area contributed by atoms with Gasteiger partial charge < -0.3 is 4.57 Å². The summed E-state index contributed by atoms with van der Waals surface area (Å²) in [7, 11) is 0. The number of rotatable bonds is 2. The van der Waals surface area contributed by atoms with Gasteiger partial charge in [0.1, 0.15) is 0 Å². The average molecular weight is 526 g/mol. The van der Waals surface area contributed by atoms with E-state index in [1.165, 1.54) is 80.3 Å². The second-order valence-electron chi connectivity index (χ2n) is 10.5. The molecule has 2 aromatic heterocycles. The molecule has 0 spiro atoms. The van der Waals surface area contributed by atoms with Gasteiger partial charge >= 0.3 is 0 Å². The molecular weight excluding hydrogens is 502 g/mol. The van der Waals surface area contributed by atoms with Crippen molar-refractivity contribution in [3.05, 3.63) is 140 Å². The van der Waals surface area contributed by atoms with Gasteiger partial charge in [0.25, 0.3) is 0 Å². The highest BCUT2D eigenvalue weighted by molar-refractivity contribution is 7.27. The summed E-state index contributed by atoms with van der Waals surface area (Å²) in [5, 5.41) is 10.5. The number of hydrogen-bond acceptors (Lipinski definition) is 1. The smallest absolute Gasteiger partial charge is 0.0640 e. The van der Waals surface area contributed by atoms with Crippen LogP contribution in [0.1, 0.15) is 0 Å². The van der Waals surface area contributed by atoms with E-state index in [9.17, 15) is 0 Å². The van der Waals surface area contributed by atoms with Crippen LogP contribution in [0, 0.1) is 0 Å². The van der Waals surface area contributed by atoms with Crippen LogP contribution in [-0.2, 0) is 0 Å². The summed E-state index contributed by atoms with van der Waals surface area (Å²) in [5.74, 6) is 0. The van der Waals surface area contributed by atoms with Gasteiger partial charge in [-0.3, -0.25) is 0 Å². The Labute approximate surface area is 235 Å². The standard InChI is InChI=1S/C38H23NS/c1-2-13-26(14-3-1)39-33-22-21-25(28-19-10-12-24-11-4-5-15-27(24)28)23-32(33)35-29-16-6-7-17-30(29)38-36(37(35)39)31-18-8-9-20-34(31)40-38/h1-23H. The molecule has 40 heavy (non-hydrogen) atoms. The Balaban J connectivity index is 1.54. The van der Waals surface area contributed by atoms with Crippen LogP contribution in [-0.4, -0.2) is 4.57 Å². The van der Waals surface area contributed by atoms with Gasteiger partial charge in [-0.1, -0.05) is 109 Å². The number of para-hydroxylation sites is 1. The molecule has 2 heteroatoms. The molecule has 0 aliphatic rings. The number of fused-ring (bicyclic) bond motifs is 11. The SMILES string of the molecule is c1ccc(-n2c3ccc(-c4cccc5ccccc45)cc3c3c4ccccc4c4sc5ccccc5c4c32)cc1. The highest BCUT2D eigenvalue weighted by atomic mass is 32.1. The first-order chi connectivity index (χ1) is 19.9. The van der Waals surface area contributed by atoms with Crippen molar-refractivity contribution < 1.29 is 0 Å². The van der Waals surface area contributed by atoms with Crippen molar-refractivity contribution in [2.75, 3.05) is 0 Å². The molecular formula is C38H23NS. The predicted octanol–water partition coefficient (Wildman–Crippen LogP) is 11.1. The molecule has 0 saturated carbocycles. The van der Waals surface area contributed by atoms with E-state index >= 15 is 0 Å². The zero-order chi connectivity index (χ0) is 26.2. The van der Waals surface area contributed by atoms with Crippen LogP contribution in [0.25, 0.3) is 80.3 Å². The van der Waals surface area contributed by atoms with Gasteiger partial charge in [-0.05, 0) is 57.6 Å². The van der Waals surface area contributed by atoms with E-state index in [1.54, 1.807) is 0 Å². The fraction of sp³-hybridized carbons (Fsp3) is 0. The summed E-state index contributed by atoms with van der Waals surface area (Å²) in [5.41, 5.74) is 6.23. The summed E-state index contributed by atoms with van der Waals surface area (Å²) in [4.78, 5) is 0. The molecule has 0 aliphatic carbocycles. The van der Waals surface area contributed by atoms with E-state index in [1.807, 2.05) is 11.3 Å². The van der Waals surface area contributed by atoms with Crippen LogP contribution < -0.4 is 0 Å². The first-order valence-electron chi connectivity index (χ1n) is 13.7. The van der Waals surface area contributed by atoms with Gasteiger partial charge in [0.2, 0.25) is 0 Å².